The van der Waals surface area contributed by atoms with Gasteiger partial charge in [-0.3, -0.25) is 9.59 Å². The van der Waals surface area contributed by atoms with Crippen LogP contribution < -0.4 is 5.11 Å². The van der Waals surface area contributed by atoms with E-state index < -0.39 is 18.1 Å². The van der Waals surface area contributed by atoms with E-state index in [-0.39, 0.29) is 42.7 Å². The molecule has 0 N–H and O–H groups in total. The van der Waals surface area contributed by atoms with Gasteiger partial charge in [0.15, 0.2) is 6.10 Å². The summed E-state index contributed by atoms with van der Waals surface area (Å²) in [7, 11) is 5.40. The fourth-order valence-corrected chi connectivity index (χ4v) is 6.96. The predicted octanol–water partition coefficient (Wildman–Crippen LogP) is 12.3. The smallest absolute Gasteiger partial charge is 0.306 e. The number of nitrogens with zero attached hydrogens (tertiary/aromatic N) is 1. The Balaban J connectivity index is 4.25. The first kappa shape index (κ1) is 56.3. The molecule has 2 unspecified atom stereocenters. The van der Waals surface area contributed by atoms with Gasteiger partial charge >= 0.3 is 11.9 Å². The summed E-state index contributed by atoms with van der Waals surface area (Å²) in [5, 5.41) is 11.6. The Morgan fingerprint density at radius 2 is 0.949 bits per heavy atom. The minimum Gasteiger partial charge on any atom is -0.544 e. The molecular weight excluding hydrogens is 739 g/mol. The van der Waals surface area contributed by atoms with E-state index in [0.717, 1.165) is 83.5 Å². The summed E-state index contributed by atoms with van der Waals surface area (Å²) in [6.07, 6.45) is 50.0. The van der Waals surface area contributed by atoms with Gasteiger partial charge in [-0.25, -0.2) is 0 Å². The van der Waals surface area contributed by atoms with Crippen LogP contribution in [0, 0.1) is 0 Å². The van der Waals surface area contributed by atoms with E-state index in [0.29, 0.717) is 12.8 Å². The van der Waals surface area contributed by atoms with Gasteiger partial charge in [0.2, 0.25) is 0 Å². The summed E-state index contributed by atoms with van der Waals surface area (Å²) < 4.78 is 17.2. The highest BCUT2D eigenvalue weighted by Crippen LogP contribution is 2.14. The second-order valence-corrected chi connectivity index (χ2v) is 17.3. The minimum absolute atomic E-state index is 0.0323. The van der Waals surface area contributed by atoms with Gasteiger partial charge in [0.25, 0.3) is 0 Å². The lowest BCUT2D eigenvalue weighted by Gasteiger charge is -2.34. The molecule has 0 saturated carbocycles. The molecule has 0 aliphatic heterocycles. The molecule has 8 nitrogen and oxygen atoms in total. The standard InChI is InChI=1S/C51H91NO7/c1-6-8-10-12-14-16-18-20-21-22-23-24-25-26-27-28-29-30-32-34-36-38-40-42-50(54)59-47(45-57-44-43-48(51(55)56)52(3,4)5)46-58-49(53)41-39-37-35-33-31-19-17-15-13-11-9-7-2/h9,11,15,17,23-24,26-27,47-48H,6-8,10,12-14,16,18-22,25,28-46H2,1-5H3/b11-9+,17-15+,24-23+,27-26+. The molecule has 0 aromatic rings. The molecule has 0 fully saturated rings. The predicted molar refractivity (Wildman–Crippen MR) is 245 cm³/mol. The number of quaternary nitrogens is 1. The van der Waals surface area contributed by atoms with E-state index in [2.05, 4.69) is 62.5 Å². The lowest BCUT2D eigenvalue weighted by Crippen LogP contribution is -2.55. The molecule has 2 atom stereocenters. The van der Waals surface area contributed by atoms with Crippen molar-refractivity contribution in [2.75, 3.05) is 41.0 Å². The first-order valence-corrected chi connectivity index (χ1v) is 24.2. The molecule has 0 amide bonds. The summed E-state index contributed by atoms with van der Waals surface area (Å²) in [6, 6.07) is -0.730. The van der Waals surface area contributed by atoms with Crippen molar-refractivity contribution in [3.63, 3.8) is 0 Å². The molecule has 0 radical (unpaired) electrons. The third-order valence-electron chi connectivity index (χ3n) is 10.7. The Kier molecular flexibility index (Phi) is 40.1. The number of ether oxygens (including phenoxy) is 3. The number of hydrogen-bond donors (Lipinski definition) is 0. The van der Waals surface area contributed by atoms with E-state index in [4.69, 9.17) is 14.2 Å². The van der Waals surface area contributed by atoms with E-state index in [1.807, 2.05) is 0 Å². The molecule has 8 heteroatoms. The van der Waals surface area contributed by atoms with Gasteiger partial charge in [0.1, 0.15) is 12.6 Å². The van der Waals surface area contributed by atoms with E-state index in [1.54, 1.807) is 21.1 Å². The van der Waals surface area contributed by atoms with Gasteiger partial charge in [-0.15, -0.1) is 0 Å². The minimum atomic E-state index is -1.13. The molecular formula is C51H91NO7. The number of aliphatic carboxylic acids is 1. The zero-order valence-corrected chi connectivity index (χ0v) is 38.9. The number of esters is 2. The Hall–Kier alpha value is -2.71. The largest absolute Gasteiger partial charge is 0.544 e. The van der Waals surface area contributed by atoms with E-state index in [9.17, 15) is 19.5 Å². The van der Waals surface area contributed by atoms with Crippen molar-refractivity contribution in [3.8, 4) is 0 Å². The number of carbonyl (C=O) groups is 3. The van der Waals surface area contributed by atoms with Gasteiger partial charge in [-0.2, -0.15) is 0 Å². The van der Waals surface area contributed by atoms with E-state index >= 15 is 0 Å². The summed E-state index contributed by atoms with van der Waals surface area (Å²) in [5.41, 5.74) is 0. The van der Waals surface area contributed by atoms with Crippen molar-refractivity contribution < 1.29 is 38.2 Å². The van der Waals surface area contributed by atoms with Gasteiger partial charge in [0, 0.05) is 19.3 Å². The van der Waals surface area contributed by atoms with Crippen molar-refractivity contribution in [1.29, 1.82) is 0 Å². The summed E-state index contributed by atoms with van der Waals surface area (Å²) >= 11 is 0. The van der Waals surface area contributed by atoms with Crippen LogP contribution >= 0.6 is 0 Å². The second-order valence-electron chi connectivity index (χ2n) is 17.3. The molecule has 0 bridgehead atoms. The van der Waals surface area contributed by atoms with Crippen molar-refractivity contribution in [2.24, 2.45) is 0 Å². The van der Waals surface area contributed by atoms with Gasteiger partial charge in [0.05, 0.1) is 40.3 Å². The first-order chi connectivity index (χ1) is 28.6. The SMILES string of the molecule is CC/C=C/C/C=C/CCCCCCCC(=O)OCC(COCCC(C(=O)[O-])[N+](C)(C)C)OC(=O)CCCCCCCCC/C=C/C/C=C/CCCCCCCCCCC. The lowest BCUT2D eigenvalue weighted by molar-refractivity contribution is -0.889. The molecule has 0 aliphatic carbocycles. The summed E-state index contributed by atoms with van der Waals surface area (Å²) in [4.78, 5) is 36.9. The highest BCUT2D eigenvalue weighted by Gasteiger charge is 2.25. The van der Waals surface area contributed by atoms with Gasteiger partial charge in [-0.1, -0.05) is 165 Å². The summed E-state index contributed by atoms with van der Waals surface area (Å²) in [5.74, 6) is -1.76. The monoisotopic (exact) mass is 830 g/mol. The molecule has 59 heavy (non-hydrogen) atoms. The average molecular weight is 830 g/mol. The molecule has 0 aromatic carbocycles. The van der Waals surface area contributed by atoms with Crippen LogP contribution in [0.1, 0.15) is 206 Å². The third kappa shape index (κ3) is 40.5. The zero-order chi connectivity index (χ0) is 43.5. The van der Waals surface area contributed by atoms with Crippen LogP contribution in [0.2, 0.25) is 0 Å². The Labute approximate surface area is 363 Å². The Morgan fingerprint density at radius 3 is 1.39 bits per heavy atom. The van der Waals surface area contributed by atoms with Crippen molar-refractivity contribution in [1.82, 2.24) is 0 Å². The van der Waals surface area contributed by atoms with Gasteiger partial charge < -0.3 is 28.6 Å². The highest BCUT2D eigenvalue weighted by atomic mass is 16.6. The quantitative estimate of drug-likeness (QED) is 0.0261. The fourth-order valence-electron chi connectivity index (χ4n) is 6.96. The Morgan fingerprint density at radius 1 is 0.525 bits per heavy atom. The Bertz CT molecular complexity index is 1110. The number of allylic oxidation sites excluding steroid dienone is 8. The van der Waals surface area contributed by atoms with Crippen LogP contribution in [0.3, 0.4) is 0 Å². The van der Waals surface area contributed by atoms with Crippen LogP contribution in [0.15, 0.2) is 48.6 Å². The number of carboxylic acids is 1. The van der Waals surface area contributed by atoms with Crippen molar-refractivity contribution in [2.45, 2.75) is 219 Å². The number of unbranched alkanes of at least 4 members (excludes halogenated alkanes) is 21. The van der Waals surface area contributed by atoms with Crippen LogP contribution in [0.4, 0.5) is 0 Å². The molecule has 342 valence electrons. The normalized spacial score (nSPS) is 13.3. The maximum Gasteiger partial charge on any atom is 0.306 e. The van der Waals surface area contributed by atoms with E-state index in [1.165, 1.54) is 89.9 Å². The second kappa shape index (κ2) is 42.0. The maximum absolute atomic E-state index is 12.7. The number of carbonyl (C=O) groups excluding carboxylic acids is 3. The maximum atomic E-state index is 12.7. The van der Waals surface area contributed by atoms with Crippen LogP contribution in [-0.2, 0) is 28.6 Å². The molecule has 0 aliphatic rings. The number of rotatable bonds is 43. The zero-order valence-electron chi connectivity index (χ0n) is 38.9. The van der Waals surface area contributed by atoms with Gasteiger partial charge in [-0.05, 0) is 70.6 Å². The number of likely N-dealkylation sites (N-methyl/N-ethyl adjacent to an activating group) is 1. The average Bonchev–Trinajstić information content (AvgIpc) is 3.19. The number of hydrogen-bond acceptors (Lipinski definition) is 7. The summed E-state index contributed by atoms with van der Waals surface area (Å²) in [6.45, 7) is 4.54. The van der Waals surface area contributed by atoms with Crippen LogP contribution in [0.5, 0.6) is 0 Å². The first-order valence-electron chi connectivity index (χ1n) is 24.2. The molecule has 0 saturated heterocycles. The lowest BCUT2D eigenvalue weighted by atomic mass is 10.1. The topological polar surface area (TPSA) is 102 Å². The third-order valence-corrected chi connectivity index (χ3v) is 10.7. The molecule has 0 aromatic heterocycles. The molecule has 0 rings (SSSR count). The van der Waals surface area contributed by atoms with Crippen LogP contribution in [-0.4, -0.2) is 75.5 Å². The highest BCUT2D eigenvalue weighted by molar-refractivity contribution is 5.70. The van der Waals surface area contributed by atoms with Crippen molar-refractivity contribution in [3.05, 3.63) is 48.6 Å². The van der Waals surface area contributed by atoms with Crippen molar-refractivity contribution >= 4 is 17.9 Å². The fraction of sp³-hybridized carbons (Fsp3) is 0.784. The molecule has 0 heterocycles. The number of carboxylic acid groups (broad SMARTS) is 1. The molecule has 0 spiro atoms. The van der Waals surface area contributed by atoms with Crippen LogP contribution in [0.25, 0.3) is 0 Å².